The second kappa shape index (κ2) is 6.07. The molecule has 0 aliphatic carbocycles. The standard InChI is InChI=1S/C19H20N2O3/c1-14(18-7-4-12-23-18)20-10-8-16(9-11-20)21-17-6-3-2-5-15(17)13-24-19(21)22/h2-7,12,16H,1,8-11,13H2. The van der Waals surface area contributed by atoms with Gasteiger partial charge < -0.3 is 14.1 Å². The SMILES string of the molecule is C=C(c1ccco1)N1CCC(N2C(=O)OCc3ccccc32)CC1. The van der Waals surface area contributed by atoms with Crippen molar-refractivity contribution in [2.75, 3.05) is 18.0 Å². The van der Waals surface area contributed by atoms with E-state index in [0.717, 1.165) is 48.6 Å². The molecule has 2 aliphatic heterocycles. The van der Waals surface area contributed by atoms with Crippen LogP contribution in [-0.4, -0.2) is 30.1 Å². The molecule has 24 heavy (non-hydrogen) atoms. The first-order chi connectivity index (χ1) is 11.7. The summed E-state index contributed by atoms with van der Waals surface area (Å²) in [6.45, 7) is 6.18. The minimum absolute atomic E-state index is 0.152. The lowest BCUT2D eigenvalue weighted by Gasteiger charge is -2.41. The first-order valence-electron chi connectivity index (χ1n) is 8.25. The van der Waals surface area contributed by atoms with Gasteiger partial charge in [0, 0.05) is 24.7 Å². The van der Waals surface area contributed by atoms with Crippen LogP contribution in [0.4, 0.5) is 10.5 Å². The van der Waals surface area contributed by atoms with Crippen molar-refractivity contribution in [2.24, 2.45) is 0 Å². The Balaban J connectivity index is 1.48. The number of cyclic esters (lactones) is 1. The maximum absolute atomic E-state index is 12.3. The molecule has 0 saturated carbocycles. The fourth-order valence-electron chi connectivity index (χ4n) is 3.51. The van der Waals surface area contributed by atoms with Gasteiger partial charge in [0.25, 0.3) is 0 Å². The molecule has 0 bridgehead atoms. The van der Waals surface area contributed by atoms with Gasteiger partial charge in [0.2, 0.25) is 0 Å². The van der Waals surface area contributed by atoms with Crippen LogP contribution in [0.1, 0.15) is 24.2 Å². The average Bonchev–Trinajstić information content (AvgIpc) is 3.16. The Hall–Kier alpha value is -2.69. The van der Waals surface area contributed by atoms with Crippen LogP contribution < -0.4 is 4.90 Å². The molecule has 5 nitrogen and oxygen atoms in total. The van der Waals surface area contributed by atoms with E-state index in [2.05, 4.69) is 11.5 Å². The van der Waals surface area contributed by atoms with Gasteiger partial charge in [0.05, 0.1) is 17.6 Å². The number of carbonyl (C=O) groups is 1. The summed E-state index contributed by atoms with van der Waals surface area (Å²) in [6, 6.07) is 11.9. The largest absolute Gasteiger partial charge is 0.463 e. The number of rotatable bonds is 3. The second-order valence-corrected chi connectivity index (χ2v) is 6.20. The van der Waals surface area contributed by atoms with Crippen LogP contribution in [0.2, 0.25) is 0 Å². The summed E-state index contributed by atoms with van der Waals surface area (Å²) in [5.74, 6) is 0.802. The van der Waals surface area contributed by atoms with Gasteiger partial charge >= 0.3 is 6.09 Å². The maximum atomic E-state index is 12.3. The third kappa shape index (κ3) is 2.56. The highest BCUT2D eigenvalue weighted by Crippen LogP contribution is 2.33. The highest BCUT2D eigenvalue weighted by molar-refractivity contribution is 5.91. The number of nitrogens with zero attached hydrogens (tertiary/aromatic N) is 2. The molecule has 1 fully saturated rings. The van der Waals surface area contributed by atoms with E-state index in [9.17, 15) is 4.79 Å². The molecule has 1 aromatic carbocycles. The summed E-state index contributed by atoms with van der Waals surface area (Å²) in [5, 5.41) is 0. The number of amides is 1. The fourth-order valence-corrected chi connectivity index (χ4v) is 3.51. The molecule has 0 radical (unpaired) electrons. The molecule has 2 aromatic rings. The molecule has 0 N–H and O–H groups in total. The third-order valence-electron chi connectivity index (χ3n) is 4.82. The predicted octanol–water partition coefficient (Wildman–Crippen LogP) is 3.87. The van der Waals surface area contributed by atoms with Crippen molar-refractivity contribution in [2.45, 2.75) is 25.5 Å². The number of hydrogen-bond donors (Lipinski definition) is 0. The molecule has 1 amide bonds. The summed E-state index contributed by atoms with van der Waals surface area (Å²) in [4.78, 5) is 16.4. The molecule has 5 heteroatoms. The van der Waals surface area contributed by atoms with E-state index in [1.54, 1.807) is 6.26 Å². The van der Waals surface area contributed by atoms with Gasteiger partial charge in [-0.3, -0.25) is 4.90 Å². The Kier molecular flexibility index (Phi) is 3.76. The smallest absolute Gasteiger partial charge is 0.414 e. The highest BCUT2D eigenvalue weighted by atomic mass is 16.6. The first kappa shape index (κ1) is 14.9. The van der Waals surface area contributed by atoms with E-state index < -0.39 is 0 Å². The number of likely N-dealkylation sites (tertiary alicyclic amines) is 1. The third-order valence-corrected chi connectivity index (χ3v) is 4.82. The quantitative estimate of drug-likeness (QED) is 0.860. The van der Waals surface area contributed by atoms with Crippen molar-refractivity contribution in [3.05, 3.63) is 60.6 Å². The van der Waals surface area contributed by atoms with Crippen LogP contribution in [0.15, 0.2) is 53.7 Å². The van der Waals surface area contributed by atoms with Crippen LogP contribution in [0.25, 0.3) is 5.70 Å². The predicted molar refractivity (Wildman–Crippen MR) is 91.4 cm³/mol. The van der Waals surface area contributed by atoms with E-state index in [1.807, 2.05) is 41.3 Å². The normalized spacial score (nSPS) is 18.2. The number of hydrogen-bond acceptors (Lipinski definition) is 4. The monoisotopic (exact) mass is 324 g/mol. The van der Waals surface area contributed by atoms with Crippen LogP contribution in [0.3, 0.4) is 0 Å². The van der Waals surface area contributed by atoms with Crippen LogP contribution in [0.5, 0.6) is 0 Å². The number of benzene rings is 1. The van der Waals surface area contributed by atoms with E-state index in [4.69, 9.17) is 9.15 Å². The van der Waals surface area contributed by atoms with Crippen molar-refractivity contribution in [1.82, 2.24) is 4.90 Å². The van der Waals surface area contributed by atoms with Gasteiger partial charge in [-0.15, -0.1) is 0 Å². The Morgan fingerprint density at radius 1 is 1.12 bits per heavy atom. The highest BCUT2D eigenvalue weighted by Gasteiger charge is 2.34. The minimum atomic E-state index is -0.239. The van der Waals surface area contributed by atoms with Gasteiger partial charge in [-0.2, -0.15) is 0 Å². The van der Waals surface area contributed by atoms with Gasteiger partial charge in [-0.05, 0) is 31.0 Å². The summed E-state index contributed by atoms with van der Waals surface area (Å²) in [7, 11) is 0. The van der Waals surface area contributed by atoms with E-state index in [1.165, 1.54) is 0 Å². The first-order valence-corrected chi connectivity index (χ1v) is 8.25. The van der Waals surface area contributed by atoms with Gasteiger partial charge in [0.1, 0.15) is 12.4 Å². The summed E-state index contributed by atoms with van der Waals surface area (Å²) in [5.41, 5.74) is 2.96. The Labute approximate surface area is 141 Å². The van der Waals surface area contributed by atoms with E-state index in [-0.39, 0.29) is 12.1 Å². The van der Waals surface area contributed by atoms with Crippen LogP contribution in [-0.2, 0) is 11.3 Å². The Morgan fingerprint density at radius 3 is 2.67 bits per heavy atom. The number of furan rings is 1. The lowest BCUT2D eigenvalue weighted by Crippen LogP contribution is -2.49. The van der Waals surface area contributed by atoms with Crippen molar-refractivity contribution in [3.8, 4) is 0 Å². The molecule has 1 aromatic heterocycles. The molecule has 124 valence electrons. The summed E-state index contributed by atoms with van der Waals surface area (Å²) in [6.07, 6.45) is 3.18. The van der Waals surface area contributed by atoms with Gasteiger partial charge in [-0.25, -0.2) is 4.79 Å². The van der Waals surface area contributed by atoms with E-state index in [0.29, 0.717) is 6.61 Å². The zero-order chi connectivity index (χ0) is 16.5. The molecular weight excluding hydrogens is 304 g/mol. The number of anilines is 1. The zero-order valence-corrected chi connectivity index (χ0v) is 13.5. The number of carbonyl (C=O) groups excluding carboxylic acids is 1. The number of fused-ring (bicyclic) bond motifs is 1. The van der Waals surface area contributed by atoms with Crippen molar-refractivity contribution >= 4 is 17.5 Å². The number of piperidine rings is 1. The maximum Gasteiger partial charge on any atom is 0.414 e. The lowest BCUT2D eigenvalue weighted by atomic mass is 10.00. The van der Waals surface area contributed by atoms with Crippen LogP contribution >= 0.6 is 0 Å². The molecule has 1 saturated heterocycles. The summed E-state index contributed by atoms with van der Waals surface area (Å²) < 4.78 is 10.8. The summed E-state index contributed by atoms with van der Waals surface area (Å²) >= 11 is 0. The Morgan fingerprint density at radius 2 is 1.92 bits per heavy atom. The second-order valence-electron chi connectivity index (χ2n) is 6.20. The van der Waals surface area contributed by atoms with Crippen LogP contribution in [0, 0.1) is 0 Å². The zero-order valence-electron chi connectivity index (χ0n) is 13.5. The average molecular weight is 324 g/mol. The van der Waals surface area contributed by atoms with Gasteiger partial charge in [0.15, 0.2) is 0 Å². The van der Waals surface area contributed by atoms with Crippen molar-refractivity contribution < 1.29 is 13.9 Å². The molecular formula is C19H20N2O3. The van der Waals surface area contributed by atoms with Crippen molar-refractivity contribution in [1.29, 1.82) is 0 Å². The number of para-hydroxylation sites is 1. The number of ether oxygens (including phenoxy) is 1. The topological polar surface area (TPSA) is 45.9 Å². The molecule has 2 aliphatic rings. The van der Waals surface area contributed by atoms with Gasteiger partial charge in [-0.1, -0.05) is 24.8 Å². The van der Waals surface area contributed by atoms with Crippen molar-refractivity contribution in [3.63, 3.8) is 0 Å². The Bertz CT molecular complexity index is 746. The minimum Gasteiger partial charge on any atom is -0.463 e. The lowest BCUT2D eigenvalue weighted by molar-refractivity contribution is 0.135. The fraction of sp³-hybridized carbons (Fsp3) is 0.316. The molecule has 0 atom stereocenters. The molecule has 0 unspecified atom stereocenters. The molecule has 4 rings (SSSR count). The molecule has 3 heterocycles. The van der Waals surface area contributed by atoms with E-state index >= 15 is 0 Å². The molecule has 0 spiro atoms.